The minimum atomic E-state index is 0.288. The van der Waals surface area contributed by atoms with Crippen LogP contribution in [-0.4, -0.2) is 20.5 Å². The molecule has 0 aliphatic heterocycles. The van der Waals surface area contributed by atoms with Crippen LogP contribution in [-0.2, 0) is 11.3 Å². The molecule has 1 aliphatic rings. The van der Waals surface area contributed by atoms with Crippen LogP contribution in [0.3, 0.4) is 0 Å². The standard InChI is InChI=1S/C13H19NO3/c1-15-12-4-5-13(11(6-12)7-14)17-9-16-8-10-2-3-10/h4-6,10H,2-3,7-9,14H2,1H3. The molecular weight excluding hydrogens is 218 g/mol. The molecule has 0 aromatic heterocycles. The van der Waals surface area contributed by atoms with Crippen molar-refractivity contribution in [1.29, 1.82) is 0 Å². The summed E-state index contributed by atoms with van der Waals surface area (Å²) in [4.78, 5) is 0. The second-order valence-electron chi connectivity index (χ2n) is 4.25. The molecule has 4 heteroatoms. The Morgan fingerprint density at radius 1 is 1.35 bits per heavy atom. The fourth-order valence-electron chi connectivity index (χ4n) is 1.59. The van der Waals surface area contributed by atoms with E-state index in [1.54, 1.807) is 7.11 Å². The number of ether oxygens (including phenoxy) is 3. The summed E-state index contributed by atoms with van der Waals surface area (Å²) >= 11 is 0. The summed E-state index contributed by atoms with van der Waals surface area (Å²) in [6.07, 6.45) is 2.58. The number of hydrogen-bond donors (Lipinski definition) is 1. The van der Waals surface area contributed by atoms with Gasteiger partial charge in [-0.3, -0.25) is 0 Å². The molecular formula is C13H19NO3. The smallest absolute Gasteiger partial charge is 0.189 e. The highest BCUT2D eigenvalue weighted by atomic mass is 16.7. The fraction of sp³-hybridized carbons (Fsp3) is 0.538. The van der Waals surface area contributed by atoms with Gasteiger partial charge in [0.15, 0.2) is 6.79 Å². The lowest BCUT2D eigenvalue weighted by Gasteiger charge is -2.11. The number of rotatable bonds is 7. The first kappa shape index (κ1) is 12.2. The molecule has 1 saturated carbocycles. The molecule has 0 amide bonds. The van der Waals surface area contributed by atoms with Gasteiger partial charge in [0.2, 0.25) is 0 Å². The second kappa shape index (κ2) is 5.89. The summed E-state index contributed by atoms with van der Waals surface area (Å²) in [5.41, 5.74) is 6.59. The Labute approximate surface area is 102 Å². The zero-order valence-corrected chi connectivity index (χ0v) is 10.1. The zero-order valence-electron chi connectivity index (χ0n) is 10.1. The Morgan fingerprint density at radius 2 is 2.18 bits per heavy atom. The third-order valence-electron chi connectivity index (χ3n) is 2.84. The third kappa shape index (κ3) is 3.61. The van der Waals surface area contributed by atoms with Crippen LogP contribution in [0.5, 0.6) is 11.5 Å². The monoisotopic (exact) mass is 237 g/mol. The number of hydrogen-bond acceptors (Lipinski definition) is 4. The second-order valence-corrected chi connectivity index (χ2v) is 4.25. The third-order valence-corrected chi connectivity index (χ3v) is 2.84. The van der Waals surface area contributed by atoms with Crippen molar-refractivity contribution in [2.24, 2.45) is 11.7 Å². The summed E-state index contributed by atoms with van der Waals surface area (Å²) in [7, 11) is 1.63. The molecule has 2 rings (SSSR count). The van der Waals surface area contributed by atoms with Crippen molar-refractivity contribution in [2.45, 2.75) is 19.4 Å². The van der Waals surface area contributed by atoms with E-state index >= 15 is 0 Å². The van der Waals surface area contributed by atoms with Crippen LogP contribution in [0.4, 0.5) is 0 Å². The quantitative estimate of drug-likeness (QED) is 0.581. The highest BCUT2D eigenvalue weighted by Gasteiger charge is 2.21. The normalized spacial score (nSPS) is 14.7. The Kier molecular flexibility index (Phi) is 4.23. The van der Waals surface area contributed by atoms with E-state index in [0.717, 1.165) is 29.6 Å². The molecule has 2 N–H and O–H groups in total. The lowest BCUT2D eigenvalue weighted by molar-refractivity contribution is 0.00945. The first-order valence-electron chi connectivity index (χ1n) is 5.91. The van der Waals surface area contributed by atoms with E-state index in [1.165, 1.54) is 12.8 Å². The molecule has 0 heterocycles. The van der Waals surface area contributed by atoms with E-state index < -0.39 is 0 Å². The van der Waals surface area contributed by atoms with Crippen LogP contribution < -0.4 is 15.2 Å². The SMILES string of the molecule is COc1ccc(OCOCC2CC2)c(CN)c1. The molecule has 0 bridgehead atoms. The number of benzene rings is 1. The van der Waals surface area contributed by atoms with Crippen LogP contribution in [0, 0.1) is 5.92 Å². The lowest BCUT2D eigenvalue weighted by Crippen LogP contribution is -2.08. The van der Waals surface area contributed by atoms with E-state index in [4.69, 9.17) is 19.9 Å². The largest absolute Gasteiger partial charge is 0.497 e. The Hall–Kier alpha value is -1.26. The van der Waals surface area contributed by atoms with Crippen molar-refractivity contribution in [2.75, 3.05) is 20.5 Å². The maximum absolute atomic E-state index is 5.66. The van der Waals surface area contributed by atoms with Crippen molar-refractivity contribution in [3.05, 3.63) is 23.8 Å². The molecule has 4 nitrogen and oxygen atoms in total. The van der Waals surface area contributed by atoms with Crippen LogP contribution in [0.1, 0.15) is 18.4 Å². The van der Waals surface area contributed by atoms with E-state index in [9.17, 15) is 0 Å². The van der Waals surface area contributed by atoms with Gasteiger partial charge in [0.25, 0.3) is 0 Å². The molecule has 0 radical (unpaired) electrons. The predicted molar refractivity (Wildman–Crippen MR) is 65.1 cm³/mol. The maximum Gasteiger partial charge on any atom is 0.189 e. The predicted octanol–water partition coefficient (Wildman–Crippen LogP) is 1.92. The van der Waals surface area contributed by atoms with Crippen molar-refractivity contribution >= 4 is 0 Å². The molecule has 1 aromatic rings. The van der Waals surface area contributed by atoms with Gasteiger partial charge < -0.3 is 19.9 Å². The highest BCUT2D eigenvalue weighted by molar-refractivity contribution is 5.40. The summed E-state index contributed by atoms with van der Waals surface area (Å²) in [6, 6.07) is 5.60. The topological polar surface area (TPSA) is 53.7 Å². The minimum Gasteiger partial charge on any atom is -0.497 e. The molecule has 0 atom stereocenters. The Bertz CT molecular complexity index is 364. The van der Waals surface area contributed by atoms with Crippen LogP contribution in [0.15, 0.2) is 18.2 Å². The van der Waals surface area contributed by atoms with E-state index in [2.05, 4.69) is 0 Å². The van der Waals surface area contributed by atoms with Crippen molar-refractivity contribution in [3.63, 3.8) is 0 Å². The van der Waals surface area contributed by atoms with E-state index in [1.807, 2.05) is 18.2 Å². The molecule has 1 fully saturated rings. The molecule has 17 heavy (non-hydrogen) atoms. The lowest BCUT2D eigenvalue weighted by atomic mass is 10.2. The zero-order chi connectivity index (χ0) is 12.1. The van der Waals surface area contributed by atoms with Gasteiger partial charge in [-0.05, 0) is 37.0 Å². The van der Waals surface area contributed by atoms with Gasteiger partial charge in [-0.25, -0.2) is 0 Å². The summed E-state index contributed by atoms with van der Waals surface area (Å²) in [5, 5.41) is 0. The molecule has 0 unspecified atom stereocenters. The van der Waals surface area contributed by atoms with Crippen molar-refractivity contribution in [1.82, 2.24) is 0 Å². The van der Waals surface area contributed by atoms with Gasteiger partial charge in [-0.15, -0.1) is 0 Å². The average molecular weight is 237 g/mol. The van der Waals surface area contributed by atoms with Gasteiger partial charge in [0.05, 0.1) is 13.7 Å². The van der Waals surface area contributed by atoms with Crippen molar-refractivity contribution in [3.8, 4) is 11.5 Å². The number of methoxy groups -OCH3 is 1. The van der Waals surface area contributed by atoms with Gasteiger partial charge in [-0.2, -0.15) is 0 Å². The van der Waals surface area contributed by atoms with Gasteiger partial charge in [0.1, 0.15) is 11.5 Å². The number of nitrogens with two attached hydrogens (primary N) is 1. The Morgan fingerprint density at radius 3 is 2.82 bits per heavy atom. The van der Waals surface area contributed by atoms with Crippen molar-refractivity contribution < 1.29 is 14.2 Å². The maximum atomic E-state index is 5.66. The van der Waals surface area contributed by atoms with Gasteiger partial charge in [0, 0.05) is 12.1 Å². The first-order chi connectivity index (χ1) is 8.33. The first-order valence-corrected chi connectivity index (χ1v) is 5.91. The van der Waals surface area contributed by atoms with Crippen LogP contribution >= 0.6 is 0 Å². The van der Waals surface area contributed by atoms with Crippen LogP contribution in [0.2, 0.25) is 0 Å². The van der Waals surface area contributed by atoms with E-state index in [-0.39, 0.29) is 6.79 Å². The fourth-order valence-corrected chi connectivity index (χ4v) is 1.59. The molecule has 1 aromatic carbocycles. The summed E-state index contributed by atoms with van der Waals surface area (Å²) in [6.45, 7) is 1.51. The van der Waals surface area contributed by atoms with E-state index in [0.29, 0.717) is 6.54 Å². The summed E-state index contributed by atoms with van der Waals surface area (Å²) < 4.78 is 16.1. The molecule has 0 spiro atoms. The van der Waals surface area contributed by atoms with Crippen LogP contribution in [0.25, 0.3) is 0 Å². The minimum absolute atomic E-state index is 0.288. The van der Waals surface area contributed by atoms with Gasteiger partial charge in [-0.1, -0.05) is 0 Å². The molecule has 1 aliphatic carbocycles. The Balaban J connectivity index is 1.84. The summed E-state index contributed by atoms with van der Waals surface area (Å²) in [5.74, 6) is 2.31. The average Bonchev–Trinajstić information content (AvgIpc) is 3.18. The highest BCUT2D eigenvalue weighted by Crippen LogP contribution is 2.29. The van der Waals surface area contributed by atoms with Gasteiger partial charge >= 0.3 is 0 Å². The molecule has 94 valence electrons. The molecule has 0 saturated heterocycles.